The number of unbranched alkanes of at least 4 members (excludes halogenated alkanes) is 2. The number of nitrogens with zero attached hydrogens (tertiary/aromatic N) is 1. The van der Waals surface area contributed by atoms with Gasteiger partial charge in [-0.2, -0.15) is 0 Å². The maximum Gasteiger partial charge on any atom is 0.183 e. The van der Waals surface area contributed by atoms with Gasteiger partial charge in [-0.1, -0.05) is 19.8 Å². The lowest BCUT2D eigenvalue weighted by Crippen LogP contribution is -1.98. The van der Waals surface area contributed by atoms with Gasteiger partial charge in [-0.3, -0.25) is 0 Å². The molecule has 48 valence electrons. The number of hydrogen-bond donors (Lipinski definition) is 0. The van der Waals surface area contributed by atoms with Crippen LogP contribution in [0.25, 0.3) is 0 Å². The molecule has 0 aliphatic carbocycles. The average molecular weight is 117 g/mol. The maximum atomic E-state index is 11.6. The normalized spacial score (nSPS) is 13.9. The fourth-order valence-electron chi connectivity index (χ4n) is 0.563. The molecule has 0 aromatic heterocycles. The van der Waals surface area contributed by atoms with Crippen molar-refractivity contribution in [1.29, 1.82) is 0 Å². The van der Waals surface area contributed by atoms with Crippen LogP contribution in [0.5, 0.6) is 0 Å². The van der Waals surface area contributed by atoms with Crippen LogP contribution in [0.1, 0.15) is 32.6 Å². The van der Waals surface area contributed by atoms with E-state index in [0.29, 0.717) is 6.42 Å². The molecule has 0 bridgehead atoms. The van der Waals surface area contributed by atoms with Crippen molar-refractivity contribution in [2.75, 3.05) is 0 Å². The summed E-state index contributed by atoms with van der Waals surface area (Å²) in [7, 11) is 0. The van der Waals surface area contributed by atoms with Crippen molar-refractivity contribution in [2.24, 2.45) is 0 Å². The van der Waals surface area contributed by atoms with Gasteiger partial charge in [-0.15, -0.1) is 5.73 Å². The molecule has 0 rings (SSSR count). The van der Waals surface area contributed by atoms with E-state index < -0.39 is 6.30 Å². The van der Waals surface area contributed by atoms with Gasteiger partial charge in [0.05, 0.1) is 0 Å². The Bertz CT molecular complexity index is 45.8. The van der Waals surface area contributed by atoms with E-state index in [2.05, 4.69) is 0 Å². The van der Waals surface area contributed by atoms with Crippen LogP contribution >= 0.6 is 0 Å². The quantitative estimate of drug-likeness (QED) is 0.396. The van der Waals surface area contributed by atoms with E-state index in [1.807, 2.05) is 6.92 Å². The Morgan fingerprint density at radius 2 is 2.12 bits per heavy atom. The fourth-order valence-corrected chi connectivity index (χ4v) is 0.563. The summed E-state index contributed by atoms with van der Waals surface area (Å²) in [5.41, 5.74) is 8.11. The lowest BCUT2D eigenvalue weighted by atomic mass is 10.2. The van der Waals surface area contributed by atoms with E-state index in [1.165, 1.54) is 0 Å². The van der Waals surface area contributed by atoms with E-state index in [1.54, 1.807) is 0 Å². The molecule has 1 atom stereocenters. The molecule has 0 aliphatic rings. The molecule has 0 saturated heterocycles. The molecule has 0 aromatic carbocycles. The van der Waals surface area contributed by atoms with Crippen molar-refractivity contribution in [2.45, 2.75) is 38.9 Å². The highest BCUT2D eigenvalue weighted by Gasteiger charge is 1.97. The molecule has 0 aromatic rings. The number of rotatable bonds is 4. The molecule has 2 heteroatoms. The lowest BCUT2D eigenvalue weighted by molar-refractivity contribution is 0.305. The van der Waals surface area contributed by atoms with E-state index in [-0.39, 0.29) is 0 Å². The van der Waals surface area contributed by atoms with E-state index >= 15 is 0 Å². The molecule has 0 saturated carbocycles. The average Bonchev–Trinajstić information content (AvgIpc) is 1.66. The van der Waals surface area contributed by atoms with Crippen molar-refractivity contribution in [3.05, 3.63) is 0 Å². The molecule has 0 N–H and O–H groups in total. The SMILES string of the molecule is CCCCCC([N])F. The minimum absolute atomic E-state index is 0.299. The molecule has 0 amide bonds. The Kier molecular flexibility index (Phi) is 4.97. The van der Waals surface area contributed by atoms with Crippen LogP contribution in [0.3, 0.4) is 0 Å². The number of hydrogen-bond acceptors (Lipinski definition) is 0. The third kappa shape index (κ3) is 5.89. The standard InChI is InChI=1S/C6H12FN/c1-2-3-4-5-6(7)8/h6H,2-5H2,1H3. The molecule has 1 unspecified atom stereocenters. The van der Waals surface area contributed by atoms with Crippen molar-refractivity contribution in [1.82, 2.24) is 5.73 Å². The van der Waals surface area contributed by atoms with Gasteiger partial charge in [-0.05, 0) is 12.8 Å². The predicted molar refractivity (Wildman–Crippen MR) is 31.2 cm³/mol. The Morgan fingerprint density at radius 3 is 2.50 bits per heavy atom. The van der Waals surface area contributed by atoms with Crippen LogP contribution in [0.2, 0.25) is 0 Å². The summed E-state index contributed by atoms with van der Waals surface area (Å²) in [6, 6.07) is 0. The third-order valence-corrected chi connectivity index (χ3v) is 1.05. The summed E-state index contributed by atoms with van der Waals surface area (Å²) < 4.78 is 11.6. The lowest BCUT2D eigenvalue weighted by Gasteiger charge is -1.95. The number of alkyl halides is 1. The first-order chi connectivity index (χ1) is 3.77. The second kappa shape index (κ2) is 5.04. The van der Waals surface area contributed by atoms with Crippen LogP contribution in [-0.2, 0) is 0 Å². The summed E-state index contributed by atoms with van der Waals surface area (Å²) >= 11 is 0. The van der Waals surface area contributed by atoms with Crippen LogP contribution < -0.4 is 5.73 Å². The van der Waals surface area contributed by atoms with Crippen LogP contribution in [-0.4, -0.2) is 6.30 Å². The van der Waals surface area contributed by atoms with Gasteiger partial charge in [0.2, 0.25) is 0 Å². The van der Waals surface area contributed by atoms with Crippen LogP contribution in [0.15, 0.2) is 0 Å². The molecule has 0 fully saturated rings. The first-order valence-corrected chi connectivity index (χ1v) is 3.09. The smallest absolute Gasteiger partial charge is 0.183 e. The van der Waals surface area contributed by atoms with E-state index in [0.717, 1.165) is 19.3 Å². The summed E-state index contributed by atoms with van der Waals surface area (Å²) in [4.78, 5) is 0. The molecule has 0 aliphatic heterocycles. The van der Waals surface area contributed by atoms with Gasteiger partial charge in [0.1, 0.15) is 0 Å². The second-order valence-corrected chi connectivity index (χ2v) is 1.93. The highest BCUT2D eigenvalue weighted by Crippen LogP contribution is 2.02. The summed E-state index contributed by atoms with van der Waals surface area (Å²) in [5.74, 6) is 0. The first kappa shape index (κ1) is 7.89. The first-order valence-electron chi connectivity index (χ1n) is 3.09. The Balaban J connectivity index is 2.72. The predicted octanol–water partition coefficient (Wildman–Crippen LogP) is 1.93. The van der Waals surface area contributed by atoms with Gasteiger partial charge in [0, 0.05) is 0 Å². The van der Waals surface area contributed by atoms with E-state index in [9.17, 15) is 4.39 Å². The minimum atomic E-state index is -1.60. The molecule has 1 nitrogen and oxygen atoms in total. The largest absolute Gasteiger partial charge is 0.227 e. The molecular formula is C6H12FN. The van der Waals surface area contributed by atoms with E-state index in [4.69, 9.17) is 5.73 Å². The Labute approximate surface area is 50.1 Å². The summed E-state index contributed by atoms with van der Waals surface area (Å²) in [5, 5.41) is 0. The molecule has 0 heterocycles. The van der Waals surface area contributed by atoms with Gasteiger partial charge in [-0.25, -0.2) is 4.39 Å². The van der Waals surface area contributed by atoms with Gasteiger partial charge >= 0.3 is 0 Å². The Morgan fingerprint density at radius 1 is 1.50 bits per heavy atom. The zero-order valence-electron chi connectivity index (χ0n) is 5.23. The van der Waals surface area contributed by atoms with Crippen molar-refractivity contribution in [3.8, 4) is 0 Å². The zero-order valence-corrected chi connectivity index (χ0v) is 5.23. The van der Waals surface area contributed by atoms with Crippen LogP contribution in [0.4, 0.5) is 4.39 Å². The topological polar surface area (TPSA) is 22.3 Å². The minimum Gasteiger partial charge on any atom is -0.227 e. The molecule has 8 heavy (non-hydrogen) atoms. The van der Waals surface area contributed by atoms with Crippen molar-refractivity contribution >= 4 is 0 Å². The Hall–Kier alpha value is -0.110. The molecule has 2 radical (unpaired) electrons. The number of halogens is 1. The zero-order chi connectivity index (χ0) is 6.41. The third-order valence-electron chi connectivity index (χ3n) is 1.05. The van der Waals surface area contributed by atoms with Gasteiger partial charge in [0.15, 0.2) is 6.30 Å². The maximum absolute atomic E-state index is 11.6. The van der Waals surface area contributed by atoms with Gasteiger partial charge < -0.3 is 0 Å². The highest BCUT2D eigenvalue weighted by atomic mass is 19.1. The molecular weight excluding hydrogens is 105 g/mol. The molecule has 0 spiro atoms. The summed E-state index contributed by atoms with van der Waals surface area (Å²) in [6.45, 7) is 2.05. The van der Waals surface area contributed by atoms with Crippen molar-refractivity contribution < 1.29 is 4.39 Å². The second-order valence-electron chi connectivity index (χ2n) is 1.93. The highest BCUT2D eigenvalue weighted by molar-refractivity contribution is 4.44. The summed E-state index contributed by atoms with van der Waals surface area (Å²) in [6.07, 6.45) is 1.59. The van der Waals surface area contributed by atoms with Crippen molar-refractivity contribution in [3.63, 3.8) is 0 Å². The fraction of sp³-hybridized carbons (Fsp3) is 1.00. The van der Waals surface area contributed by atoms with Crippen LogP contribution in [0, 0.1) is 0 Å². The monoisotopic (exact) mass is 117 g/mol. The van der Waals surface area contributed by atoms with Gasteiger partial charge in [0.25, 0.3) is 0 Å².